The Morgan fingerprint density at radius 3 is 2.16 bits per heavy atom. The van der Waals surface area contributed by atoms with Gasteiger partial charge in [-0.2, -0.15) is 0 Å². The number of carbonyl (C=O) groups is 2. The third-order valence-corrected chi connectivity index (χ3v) is 6.12. The molecule has 0 unspecified atom stereocenters. The number of piperazine rings is 1. The van der Waals surface area contributed by atoms with Crippen LogP contribution in [0.5, 0.6) is 11.5 Å². The minimum absolute atomic E-state index is 0.0542. The lowest BCUT2D eigenvalue weighted by molar-refractivity contribution is 0.0532. The fourth-order valence-corrected chi connectivity index (χ4v) is 4.25. The number of hydrogen-bond donors (Lipinski definition) is 0. The summed E-state index contributed by atoms with van der Waals surface area (Å²) >= 11 is 1.44. The normalized spacial score (nSPS) is 13.7. The van der Waals surface area contributed by atoms with E-state index >= 15 is 0 Å². The van der Waals surface area contributed by atoms with Crippen LogP contribution in [0.25, 0.3) is 10.6 Å². The van der Waals surface area contributed by atoms with Gasteiger partial charge in [0.25, 0.3) is 11.8 Å². The van der Waals surface area contributed by atoms with Crippen LogP contribution in [0.4, 0.5) is 0 Å². The lowest BCUT2D eigenvalue weighted by Crippen LogP contribution is -2.50. The van der Waals surface area contributed by atoms with Crippen molar-refractivity contribution in [1.29, 1.82) is 0 Å². The van der Waals surface area contributed by atoms with Gasteiger partial charge in [0, 0.05) is 42.7 Å². The summed E-state index contributed by atoms with van der Waals surface area (Å²) in [5, 5.41) is 2.58. The predicted octanol–water partition coefficient (Wildman–Crippen LogP) is 3.43. The molecule has 0 atom stereocenters. The average Bonchev–Trinajstić information content (AvgIpc) is 3.33. The number of methoxy groups -OCH3 is 2. The smallest absolute Gasteiger partial charge is 0.273 e. The van der Waals surface area contributed by atoms with Crippen molar-refractivity contribution >= 4 is 23.2 Å². The van der Waals surface area contributed by atoms with Crippen LogP contribution in [0.1, 0.15) is 20.8 Å². The fourth-order valence-electron chi connectivity index (χ4n) is 3.45. The Bertz CT molecular complexity index is 1070. The largest absolute Gasteiger partial charge is 0.497 e. The van der Waals surface area contributed by atoms with Crippen molar-refractivity contribution in [1.82, 2.24) is 14.8 Å². The monoisotopic (exact) mass is 437 g/mol. The summed E-state index contributed by atoms with van der Waals surface area (Å²) in [6.45, 7) is 1.92. The van der Waals surface area contributed by atoms with E-state index in [1.807, 2.05) is 24.3 Å². The molecule has 0 aliphatic carbocycles. The molecular formula is C23H23N3O4S. The van der Waals surface area contributed by atoms with Gasteiger partial charge in [-0.25, -0.2) is 4.98 Å². The van der Waals surface area contributed by atoms with Gasteiger partial charge in [0.1, 0.15) is 22.2 Å². The Morgan fingerprint density at radius 2 is 1.52 bits per heavy atom. The summed E-state index contributed by atoms with van der Waals surface area (Å²) in [6.07, 6.45) is 0. The Balaban J connectivity index is 1.38. The van der Waals surface area contributed by atoms with Gasteiger partial charge in [-0.1, -0.05) is 6.07 Å². The molecule has 0 bridgehead atoms. The number of thiazole rings is 1. The number of benzene rings is 2. The van der Waals surface area contributed by atoms with Crippen LogP contribution in [0.15, 0.2) is 53.9 Å². The van der Waals surface area contributed by atoms with E-state index in [1.54, 1.807) is 53.7 Å². The van der Waals surface area contributed by atoms with E-state index in [2.05, 4.69) is 4.98 Å². The maximum atomic E-state index is 12.9. The predicted molar refractivity (Wildman–Crippen MR) is 119 cm³/mol. The third kappa shape index (κ3) is 4.54. The highest BCUT2D eigenvalue weighted by atomic mass is 32.1. The van der Waals surface area contributed by atoms with Crippen LogP contribution in [-0.2, 0) is 0 Å². The van der Waals surface area contributed by atoms with E-state index in [-0.39, 0.29) is 11.8 Å². The lowest BCUT2D eigenvalue weighted by Gasteiger charge is -2.34. The highest BCUT2D eigenvalue weighted by Gasteiger charge is 2.27. The van der Waals surface area contributed by atoms with Gasteiger partial charge < -0.3 is 19.3 Å². The molecule has 7 nitrogen and oxygen atoms in total. The van der Waals surface area contributed by atoms with Crippen molar-refractivity contribution in [3.05, 3.63) is 65.2 Å². The molecular weight excluding hydrogens is 414 g/mol. The summed E-state index contributed by atoms with van der Waals surface area (Å²) in [6, 6.07) is 14.7. The third-order valence-electron chi connectivity index (χ3n) is 5.23. The second-order valence-corrected chi connectivity index (χ2v) is 7.94. The summed E-state index contributed by atoms with van der Waals surface area (Å²) in [7, 11) is 3.20. The van der Waals surface area contributed by atoms with Crippen LogP contribution in [0.3, 0.4) is 0 Å². The van der Waals surface area contributed by atoms with Crippen molar-refractivity contribution in [2.24, 2.45) is 0 Å². The van der Waals surface area contributed by atoms with Crippen molar-refractivity contribution in [3.8, 4) is 22.1 Å². The fraction of sp³-hybridized carbons (Fsp3) is 0.261. The molecule has 1 aliphatic rings. The minimum atomic E-state index is -0.107. The molecule has 4 rings (SSSR count). The SMILES string of the molecule is COc1ccc(-c2nc(C(=O)N3CCN(C(=O)c4cccc(OC)c4)CC3)cs2)cc1. The minimum Gasteiger partial charge on any atom is -0.497 e. The number of amides is 2. The maximum absolute atomic E-state index is 12.9. The molecule has 0 N–H and O–H groups in total. The Kier molecular flexibility index (Phi) is 6.18. The first-order chi connectivity index (χ1) is 15.1. The molecule has 1 aromatic heterocycles. The molecule has 2 amide bonds. The first-order valence-corrected chi connectivity index (χ1v) is 10.8. The van der Waals surface area contributed by atoms with Gasteiger partial charge >= 0.3 is 0 Å². The van der Waals surface area contributed by atoms with Crippen molar-refractivity contribution in [2.75, 3.05) is 40.4 Å². The number of hydrogen-bond acceptors (Lipinski definition) is 6. The second kappa shape index (κ2) is 9.18. The molecule has 2 heterocycles. The molecule has 1 saturated heterocycles. The van der Waals surface area contributed by atoms with E-state index in [1.165, 1.54) is 11.3 Å². The summed E-state index contributed by atoms with van der Waals surface area (Å²) in [5.74, 6) is 1.26. The van der Waals surface area contributed by atoms with E-state index in [9.17, 15) is 9.59 Å². The van der Waals surface area contributed by atoms with Crippen LogP contribution in [0.2, 0.25) is 0 Å². The zero-order valence-corrected chi connectivity index (χ0v) is 18.2. The Labute approximate surface area is 184 Å². The number of rotatable bonds is 5. The van der Waals surface area contributed by atoms with E-state index < -0.39 is 0 Å². The quantitative estimate of drug-likeness (QED) is 0.612. The molecule has 0 radical (unpaired) electrons. The van der Waals surface area contributed by atoms with E-state index in [0.29, 0.717) is 43.2 Å². The van der Waals surface area contributed by atoms with Gasteiger partial charge in [0.2, 0.25) is 0 Å². The molecule has 160 valence electrons. The first-order valence-electron chi connectivity index (χ1n) is 9.91. The molecule has 1 aliphatic heterocycles. The lowest BCUT2D eigenvalue weighted by atomic mass is 10.1. The van der Waals surface area contributed by atoms with Crippen LogP contribution in [0, 0.1) is 0 Å². The molecule has 8 heteroatoms. The van der Waals surface area contributed by atoms with Crippen LogP contribution in [-0.4, -0.2) is 67.0 Å². The maximum Gasteiger partial charge on any atom is 0.273 e. The highest BCUT2D eigenvalue weighted by molar-refractivity contribution is 7.13. The van der Waals surface area contributed by atoms with Gasteiger partial charge in [-0.15, -0.1) is 11.3 Å². The molecule has 3 aromatic rings. The first kappa shape index (κ1) is 20.9. The zero-order chi connectivity index (χ0) is 21.8. The molecule has 2 aromatic carbocycles. The number of carbonyl (C=O) groups excluding carboxylic acids is 2. The van der Waals surface area contributed by atoms with Gasteiger partial charge in [-0.05, 0) is 42.5 Å². The van der Waals surface area contributed by atoms with Gasteiger partial charge in [0.05, 0.1) is 14.2 Å². The summed E-state index contributed by atoms with van der Waals surface area (Å²) < 4.78 is 10.4. The standard InChI is InChI=1S/C23H23N3O4S/c1-29-18-8-6-16(7-9-18)21-24-20(15-31-21)23(28)26-12-10-25(11-13-26)22(27)17-4-3-5-19(14-17)30-2/h3-9,14-15H,10-13H2,1-2H3. The molecule has 0 spiro atoms. The van der Waals surface area contributed by atoms with Crippen molar-refractivity contribution in [2.45, 2.75) is 0 Å². The molecule has 1 fully saturated rings. The van der Waals surface area contributed by atoms with Crippen LogP contribution < -0.4 is 9.47 Å². The van der Waals surface area contributed by atoms with Crippen LogP contribution >= 0.6 is 11.3 Å². The van der Waals surface area contributed by atoms with Gasteiger partial charge in [-0.3, -0.25) is 9.59 Å². The van der Waals surface area contributed by atoms with Crippen molar-refractivity contribution < 1.29 is 19.1 Å². The number of nitrogens with zero attached hydrogens (tertiary/aromatic N) is 3. The number of ether oxygens (including phenoxy) is 2. The van der Waals surface area contributed by atoms with E-state index in [4.69, 9.17) is 9.47 Å². The Morgan fingerprint density at radius 1 is 0.871 bits per heavy atom. The van der Waals surface area contributed by atoms with Crippen molar-refractivity contribution in [3.63, 3.8) is 0 Å². The molecule has 31 heavy (non-hydrogen) atoms. The second-order valence-electron chi connectivity index (χ2n) is 7.08. The number of aromatic nitrogens is 1. The molecule has 0 saturated carbocycles. The average molecular weight is 438 g/mol. The summed E-state index contributed by atoms with van der Waals surface area (Å²) in [5.41, 5.74) is 1.96. The Hall–Kier alpha value is -3.39. The van der Waals surface area contributed by atoms with Gasteiger partial charge in [0.15, 0.2) is 0 Å². The summed E-state index contributed by atoms with van der Waals surface area (Å²) in [4.78, 5) is 33.7. The zero-order valence-electron chi connectivity index (χ0n) is 17.4. The topological polar surface area (TPSA) is 72.0 Å². The highest BCUT2D eigenvalue weighted by Crippen LogP contribution is 2.26. The van der Waals surface area contributed by atoms with E-state index in [0.717, 1.165) is 16.3 Å².